The van der Waals surface area contributed by atoms with Crippen LogP contribution in [0.25, 0.3) is 11.0 Å². The maximum Gasteiger partial charge on any atom is 0.417 e. The lowest BCUT2D eigenvalue weighted by Gasteiger charge is -2.52. The number of aliphatic hydroxyl groups is 1. The molecule has 6 nitrogen and oxygen atoms in total. The molecule has 3 atom stereocenters. The van der Waals surface area contributed by atoms with E-state index in [2.05, 4.69) is 0 Å². The topological polar surface area (TPSA) is 80.0 Å². The summed E-state index contributed by atoms with van der Waals surface area (Å²) in [4.78, 5) is 26.8. The Hall–Kier alpha value is -3.04. The molecule has 5 rings (SSSR count). The summed E-state index contributed by atoms with van der Waals surface area (Å²) >= 11 is 6.08. The number of ether oxygens (including phenoxy) is 1. The molecule has 3 aromatic rings. The van der Waals surface area contributed by atoms with Crippen molar-refractivity contribution in [3.8, 4) is 5.75 Å². The second-order valence-electron chi connectivity index (χ2n) is 9.71. The van der Waals surface area contributed by atoms with E-state index in [-0.39, 0.29) is 41.2 Å². The molecule has 2 heterocycles. The minimum Gasteiger partial charge on any atom is -0.484 e. The summed E-state index contributed by atoms with van der Waals surface area (Å²) in [5, 5.41) is 11.7. The number of halogens is 4. The fraction of sp³-hybridized carbons (Fsp3) is 0.407. The lowest BCUT2D eigenvalue weighted by molar-refractivity contribution is -0.157. The number of hydrogen-bond acceptors (Lipinski definition) is 5. The van der Waals surface area contributed by atoms with Crippen LogP contribution in [0.15, 0.2) is 57.7 Å². The Labute approximate surface area is 215 Å². The van der Waals surface area contributed by atoms with Crippen molar-refractivity contribution in [2.24, 2.45) is 5.92 Å². The van der Waals surface area contributed by atoms with Gasteiger partial charge < -0.3 is 19.2 Å². The minimum absolute atomic E-state index is 0.0950. The first-order chi connectivity index (χ1) is 17.5. The second kappa shape index (κ2) is 9.68. The molecule has 1 N–H and O–H groups in total. The average molecular weight is 536 g/mol. The van der Waals surface area contributed by atoms with E-state index in [4.69, 9.17) is 20.8 Å². The maximum atomic E-state index is 13.4. The quantitative estimate of drug-likeness (QED) is 0.431. The predicted octanol–water partition coefficient (Wildman–Crippen LogP) is 5.74. The number of fused-ring (bicyclic) bond motifs is 2. The van der Waals surface area contributed by atoms with E-state index in [0.717, 1.165) is 30.9 Å². The number of amides is 1. The Kier molecular flexibility index (Phi) is 6.70. The number of alkyl halides is 3. The number of piperidine rings is 1. The van der Waals surface area contributed by atoms with E-state index in [1.54, 1.807) is 17.0 Å². The normalized spacial score (nSPS) is 24.1. The van der Waals surface area contributed by atoms with Gasteiger partial charge >= 0.3 is 11.8 Å². The zero-order valence-corrected chi connectivity index (χ0v) is 20.5. The first kappa shape index (κ1) is 25.6. The van der Waals surface area contributed by atoms with E-state index in [1.807, 2.05) is 12.1 Å². The van der Waals surface area contributed by atoms with Gasteiger partial charge in [-0.05, 0) is 49.1 Å². The molecule has 0 radical (unpaired) electrons. The summed E-state index contributed by atoms with van der Waals surface area (Å²) in [7, 11) is 0. The molecule has 37 heavy (non-hydrogen) atoms. The molecule has 1 aromatic heterocycles. The van der Waals surface area contributed by atoms with Crippen molar-refractivity contribution in [2.45, 2.75) is 49.9 Å². The highest BCUT2D eigenvalue weighted by Gasteiger charge is 2.50. The highest BCUT2D eigenvalue weighted by Crippen LogP contribution is 2.49. The third kappa shape index (κ3) is 5.07. The van der Waals surface area contributed by atoms with Crippen LogP contribution in [0, 0.1) is 5.92 Å². The summed E-state index contributed by atoms with van der Waals surface area (Å²) in [6.45, 7) is -0.0338. The number of nitrogens with zero attached hydrogens (tertiary/aromatic N) is 1. The number of hydrogen-bond donors (Lipinski definition) is 1. The molecular weight excluding hydrogens is 511 g/mol. The molecule has 1 aliphatic heterocycles. The van der Waals surface area contributed by atoms with E-state index in [1.165, 1.54) is 12.1 Å². The van der Waals surface area contributed by atoms with Crippen molar-refractivity contribution in [2.75, 3.05) is 13.2 Å². The van der Waals surface area contributed by atoms with E-state index in [9.17, 15) is 27.9 Å². The van der Waals surface area contributed by atoms with Crippen LogP contribution in [0.1, 0.15) is 49.3 Å². The van der Waals surface area contributed by atoms with Crippen LogP contribution in [0.2, 0.25) is 5.02 Å². The summed E-state index contributed by atoms with van der Waals surface area (Å²) < 4.78 is 50.5. The molecule has 0 bridgehead atoms. The lowest BCUT2D eigenvalue weighted by atomic mass is 9.66. The number of carbonyl (C=O) groups excluding carboxylic acids is 1. The lowest BCUT2D eigenvalue weighted by Crippen LogP contribution is -2.56. The molecule has 1 amide bonds. The van der Waals surface area contributed by atoms with Crippen molar-refractivity contribution in [3.05, 3.63) is 75.1 Å². The molecule has 196 valence electrons. The van der Waals surface area contributed by atoms with Crippen LogP contribution in [-0.2, 0) is 11.0 Å². The molecule has 2 aromatic carbocycles. The van der Waals surface area contributed by atoms with Crippen LogP contribution >= 0.6 is 11.6 Å². The highest BCUT2D eigenvalue weighted by atomic mass is 35.5. The van der Waals surface area contributed by atoms with Gasteiger partial charge in [0.15, 0.2) is 6.61 Å². The van der Waals surface area contributed by atoms with Gasteiger partial charge in [-0.2, -0.15) is 13.2 Å². The predicted molar refractivity (Wildman–Crippen MR) is 130 cm³/mol. The Morgan fingerprint density at radius 3 is 2.62 bits per heavy atom. The summed E-state index contributed by atoms with van der Waals surface area (Å²) in [6, 6.07) is 10.9. The Balaban J connectivity index is 1.39. The van der Waals surface area contributed by atoms with Crippen LogP contribution in [0.5, 0.6) is 5.75 Å². The first-order valence-electron chi connectivity index (χ1n) is 12.1. The van der Waals surface area contributed by atoms with Crippen molar-refractivity contribution < 1.29 is 32.2 Å². The van der Waals surface area contributed by atoms with Gasteiger partial charge in [0.2, 0.25) is 0 Å². The summed E-state index contributed by atoms with van der Waals surface area (Å²) in [5.41, 5.74) is -2.50. The van der Waals surface area contributed by atoms with Gasteiger partial charge in [0.05, 0.1) is 17.2 Å². The third-order valence-corrected chi connectivity index (χ3v) is 7.74. The standard InChI is InChI=1S/C27H25ClF3NO5/c28-17-6-4-16(5-7-17)25-20-3-1-2-10-26(20,35)11-12-32(25)23(33)15-36-18-8-9-19-21(27(29,30)31)14-24(34)37-22(19)13-18/h4-9,13-14,20,25,35H,1-3,10-12,15H2/t20-,25+,26-/m1/s1. The Bertz CT molecular complexity index is 1370. The molecule has 1 saturated heterocycles. The van der Waals surface area contributed by atoms with Crippen molar-refractivity contribution in [1.82, 2.24) is 4.90 Å². The van der Waals surface area contributed by atoms with Gasteiger partial charge in [-0.15, -0.1) is 0 Å². The number of carbonyl (C=O) groups is 1. The van der Waals surface area contributed by atoms with Crippen molar-refractivity contribution in [3.63, 3.8) is 0 Å². The van der Waals surface area contributed by atoms with Crippen LogP contribution < -0.4 is 10.4 Å². The SMILES string of the molecule is O=C(COc1ccc2c(C(F)(F)F)cc(=O)oc2c1)N1CC[C@]2(O)CCCC[C@@H]2[C@@H]1c1ccc(Cl)cc1. The molecule has 0 unspecified atom stereocenters. The highest BCUT2D eigenvalue weighted by molar-refractivity contribution is 6.30. The zero-order chi connectivity index (χ0) is 26.4. The van der Waals surface area contributed by atoms with Crippen molar-refractivity contribution in [1.29, 1.82) is 0 Å². The molecule has 0 spiro atoms. The Morgan fingerprint density at radius 1 is 1.14 bits per heavy atom. The van der Waals surface area contributed by atoms with Crippen LogP contribution in [0.3, 0.4) is 0 Å². The van der Waals surface area contributed by atoms with E-state index < -0.39 is 23.0 Å². The molecular formula is C27H25ClF3NO5. The smallest absolute Gasteiger partial charge is 0.417 e. The van der Waals surface area contributed by atoms with Crippen LogP contribution in [-0.4, -0.2) is 34.7 Å². The van der Waals surface area contributed by atoms with Gasteiger partial charge in [0.25, 0.3) is 5.91 Å². The number of rotatable bonds is 4. The monoisotopic (exact) mass is 535 g/mol. The molecule has 1 saturated carbocycles. The number of benzene rings is 2. The summed E-state index contributed by atoms with van der Waals surface area (Å²) in [6.07, 6.45) is -0.918. The van der Waals surface area contributed by atoms with Gasteiger partial charge in [0.1, 0.15) is 11.3 Å². The van der Waals surface area contributed by atoms with Gasteiger partial charge in [-0.1, -0.05) is 36.6 Å². The fourth-order valence-electron chi connectivity index (χ4n) is 5.73. The third-order valence-electron chi connectivity index (χ3n) is 7.48. The van der Waals surface area contributed by atoms with Gasteiger partial charge in [-0.3, -0.25) is 4.79 Å². The van der Waals surface area contributed by atoms with Gasteiger partial charge in [0, 0.05) is 35.0 Å². The Morgan fingerprint density at radius 2 is 1.89 bits per heavy atom. The molecule has 10 heteroatoms. The van der Waals surface area contributed by atoms with Crippen molar-refractivity contribution >= 4 is 28.5 Å². The van der Waals surface area contributed by atoms with E-state index in [0.29, 0.717) is 30.5 Å². The largest absolute Gasteiger partial charge is 0.484 e. The molecule has 2 aliphatic rings. The fourth-order valence-corrected chi connectivity index (χ4v) is 5.86. The average Bonchev–Trinajstić information content (AvgIpc) is 2.85. The first-order valence-corrected chi connectivity index (χ1v) is 12.5. The van der Waals surface area contributed by atoms with E-state index >= 15 is 0 Å². The van der Waals surface area contributed by atoms with Crippen LogP contribution in [0.4, 0.5) is 13.2 Å². The van der Waals surface area contributed by atoms with Gasteiger partial charge in [-0.25, -0.2) is 4.79 Å². The maximum absolute atomic E-state index is 13.4. The summed E-state index contributed by atoms with van der Waals surface area (Å²) in [5.74, 6) is -0.369. The zero-order valence-electron chi connectivity index (χ0n) is 19.8. The molecule has 2 fully saturated rings. The number of likely N-dealkylation sites (tertiary alicyclic amines) is 1. The minimum atomic E-state index is -4.72. The second-order valence-corrected chi connectivity index (χ2v) is 10.1. The molecule has 1 aliphatic carbocycles.